The third kappa shape index (κ3) is 2.54. The third-order valence-corrected chi connectivity index (χ3v) is 3.87. The van der Waals surface area contributed by atoms with Gasteiger partial charge in [-0.25, -0.2) is 0 Å². The summed E-state index contributed by atoms with van der Waals surface area (Å²) in [4.78, 5) is 14.3. The molecule has 92 valence electrons. The van der Waals surface area contributed by atoms with E-state index in [-0.39, 0.29) is 23.0 Å². The van der Waals surface area contributed by atoms with Crippen molar-refractivity contribution in [2.45, 2.75) is 17.7 Å². The third-order valence-electron chi connectivity index (χ3n) is 2.96. The molecule has 0 aliphatic carbocycles. The normalized spacial score (nSPS) is 17.1. The van der Waals surface area contributed by atoms with Crippen molar-refractivity contribution in [1.29, 1.82) is 0 Å². The number of phenols is 2. The number of likely N-dealkylation sites (tertiary alicyclic amines) is 1. The summed E-state index contributed by atoms with van der Waals surface area (Å²) < 4.78 is 0. The van der Waals surface area contributed by atoms with Crippen LogP contribution in [0.4, 0.5) is 0 Å². The fraction of sp³-hybridized carbons (Fsp3) is 0.417. The van der Waals surface area contributed by atoms with Gasteiger partial charge in [-0.3, -0.25) is 4.79 Å². The molecule has 0 unspecified atom stereocenters. The van der Waals surface area contributed by atoms with Gasteiger partial charge in [0.15, 0.2) is 11.5 Å². The highest BCUT2D eigenvalue weighted by atomic mass is 79.9. The highest BCUT2D eigenvalue weighted by molar-refractivity contribution is 9.09. The van der Waals surface area contributed by atoms with Gasteiger partial charge in [0.1, 0.15) is 0 Å². The molecule has 1 fully saturated rings. The minimum absolute atomic E-state index is 0.165. The largest absolute Gasteiger partial charge is 0.504 e. The predicted octanol–water partition coefficient (Wildman–Crippen LogP) is 2.10. The van der Waals surface area contributed by atoms with Gasteiger partial charge < -0.3 is 15.1 Å². The molecule has 0 spiro atoms. The summed E-state index contributed by atoms with van der Waals surface area (Å²) >= 11 is 3.52. The number of piperidine rings is 1. The van der Waals surface area contributed by atoms with Crippen LogP contribution in [0.15, 0.2) is 18.2 Å². The molecule has 1 saturated heterocycles. The van der Waals surface area contributed by atoms with Crippen LogP contribution in [0.3, 0.4) is 0 Å². The van der Waals surface area contributed by atoms with Crippen LogP contribution in [0.25, 0.3) is 0 Å². The summed E-state index contributed by atoms with van der Waals surface area (Å²) in [6.45, 7) is 1.34. The first-order valence-corrected chi connectivity index (χ1v) is 6.45. The summed E-state index contributed by atoms with van der Waals surface area (Å²) in [7, 11) is 0. The zero-order valence-corrected chi connectivity index (χ0v) is 10.9. The standard InChI is InChI=1S/C12H14BrNO3/c13-8-4-6-14(7-5-8)12(17)9-2-1-3-10(15)11(9)16/h1-3,8,15-16H,4-7H2. The van der Waals surface area contributed by atoms with Crippen molar-refractivity contribution in [2.75, 3.05) is 13.1 Å². The molecule has 0 aromatic heterocycles. The number of carbonyl (C=O) groups is 1. The first-order valence-electron chi connectivity index (χ1n) is 5.54. The number of nitrogens with zero attached hydrogens (tertiary/aromatic N) is 1. The number of rotatable bonds is 1. The molecule has 0 radical (unpaired) electrons. The van der Waals surface area contributed by atoms with E-state index in [1.54, 1.807) is 11.0 Å². The number of para-hydroxylation sites is 1. The fourth-order valence-corrected chi connectivity index (χ4v) is 2.33. The van der Waals surface area contributed by atoms with Gasteiger partial charge >= 0.3 is 0 Å². The maximum atomic E-state index is 12.1. The zero-order chi connectivity index (χ0) is 12.4. The van der Waals surface area contributed by atoms with Crippen LogP contribution in [0.5, 0.6) is 11.5 Å². The maximum absolute atomic E-state index is 12.1. The Morgan fingerprint density at radius 2 is 1.94 bits per heavy atom. The minimum Gasteiger partial charge on any atom is -0.504 e. The van der Waals surface area contributed by atoms with Crippen molar-refractivity contribution in [1.82, 2.24) is 4.90 Å². The molecular weight excluding hydrogens is 286 g/mol. The number of alkyl halides is 1. The Hall–Kier alpha value is -1.23. The average Bonchev–Trinajstić information content (AvgIpc) is 2.33. The van der Waals surface area contributed by atoms with E-state index in [1.165, 1.54) is 12.1 Å². The van der Waals surface area contributed by atoms with Crippen molar-refractivity contribution in [3.05, 3.63) is 23.8 Å². The molecule has 2 rings (SSSR count). The lowest BCUT2D eigenvalue weighted by molar-refractivity contribution is 0.0724. The van der Waals surface area contributed by atoms with Crippen molar-refractivity contribution >= 4 is 21.8 Å². The molecular formula is C12H14BrNO3. The number of phenolic OH excluding ortho intramolecular Hbond substituents is 2. The molecule has 1 aliphatic rings. The lowest BCUT2D eigenvalue weighted by atomic mass is 10.1. The van der Waals surface area contributed by atoms with Crippen LogP contribution < -0.4 is 0 Å². The Morgan fingerprint density at radius 3 is 2.59 bits per heavy atom. The van der Waals surface area contributed by atoms with Crippen LogP contribution in [-0.4, -0.2) is 38.9 Å². The number of hydrogen-bond donors (Lipinski definition) is 2. The molecule has 1 aliphatic heterocycles. The van der Waals surface area contributed by atoms with E-state index in [4.69, 9.17) is 0 Å². The summed E-state index contributed by atoms with van der Waals surface area (Å²) in [6, 6.07) is 4.44. The molecule has 0 saturated carbocycles. The van der Waals surface area contributed by atoms with Gasteiger partial charge in [-0.15, -0.1) is 0 Å². The molecule has 0 atom stereocenters. The Morgan fingerprint density at radius 1 is 1.29 bits per heavy atom. The van der Waals surface area contributed by atoms with Crippen molar-refractivity contribution < 1.29 is 15.0 Å². The average molecular weight is 300 g/mol. The lowest BCUT2D eigenvalue weighted by Crippen LogP contribution is -2.38. The van der Waals surface area contributed by atoms with Gasteiger partial charge in [0.05, 0.1) is 5.56 Å². The first-order chi connectivity index (χ1) is 8.09. The molecule has 1 aromatic rings. The Balaban J connectivity index is 2.17. The van der Waals surface area contributed by atoms with Crippen LogP contribution in [0.2, 0.25) is 0 Å². The summed E-state index contributed by atoms with van der Waals surface area (Å²) in [6.07, 6.45) is 1.82. The van der Waals surface area contributed by atoms with Crippen LogP contribution in [-0.2, 0) is 0 Å². The summed E-state index contributed by atoms with van der Waals surface area (Å²) in [5.74, 6) is -0.817. The van der Waals surface area contributed by atoms with E-state index >= 15 is 0 Å². The number of benzene rings is 1. The lowest BCUT2D eigenvalue weighted by Gasteiger charge is -2.29. The summed E-state index contributed by atoms with van der Waals surface area (Å²) in [5, 5.41) is 19.0. The van der Waals surface area contributed by atoms with E-state index in [9.17, 15) is 15.0 Å². The summed E-state index contributed by atoms with van der Waals surface area (Å²) in [5.41, 5.74) is 0.165. The van der Waals surface area contributed by atoms with Gasteiger partial charge in [-0.05, 0) is 25.0 Å². The van der Waals surface area contributed by atoms with Gasteiger partial charge in [0.2, 0.25) is 0 Å². The number of hydrogen-bond acceptors (Lipinski definition) is 3. The first kappa shape index (κ1) is 12.2. The molecule has 5 heteroatoms. The molecule has 0 bridgehead atoms. The predicted molar refractivity (Wildman–Crippen MR) is 67.6 cm³/mol. The van der Waals surface area contributed by atoms with Gasteiger partial charge in [-0.2, -0.15) is 0 Å². The van der Waals surface area contributed by atoms with E-state index in [0.717, 1.165) is 12.8 Å². The van der Waals surface area contributed by atoms with Crippen LogP contribution in [0, 0.1) is 0 Å². The molecule has 4 nitrogen and oxygen atoms in total. The second kappa shape index (κ2) is 4.96. The second-order valence-electron chi connectivity index (χ2n) is 4.14. The minimum atomic E-state index is -0.335. The highest BCUT2D eigenvalue weighted by Gasteiger charge is 2.24. The molecule has 17 heavy (non-hydrogen) atoms. The second-order valence-corrected chi connectivity index (χ2v) is 5.44. The van der Waals surface area contributed by atoms with Gasteiger partial charge in [0.25, 0.3) is 5.91 Å². The smallest absolute Gasteiger partial charge is 0.257 e. The molecule has 1 amide bonds. The van der Waals surface area contributed by atoms with E-state index in [1.807, 2.05) is 0 Å². The zero-order valence-electron chi connectivity index (χ0n) is 9.27. The van der Waals surface area contributed by atoms with E-state index in [2.05, 4.69) is 15.9 Å². The Labute approximate surface area is 108 Å². The number of aromatic hydroxyl groups is 2. The Bertz CT molecular complexity index is 428. The SMILES string of the molecule is O=C(c1cccc(O)c1O)N1CCC(Br)CC1. The van der Waals surface area contributed by atoms with Crippen LogP contribution >= 0.6 is 15.9 Å². The van der Waals surface area contributed by atoms with Crippen molar-refractivity contribution in [2.24, 2.45) is 0 Å². The quantitative estimate of drug-likeness (QED) is 0.617. The van der Waals surface area contributed by atoms with Crippen molar-refractivity contribution in [3.8, 4) is 11.5 Å². The topological polar surface area (TPSA) is 60.8 Å². The van der Waals surface area contributed by atoms with Crippen molar-refractivity contribution in [3.63, 3.8) is 0 Å². The van der Waals surface area contributed by atoms with Gasteiger partial charge in [0, 0.05) is 17.9 Å². The Kier molecular flexibility index (Phi) is 3.57. The monoisotopic (exact) mass is 299 g/mol. The molecule has 1 aromatic carbocycles. The highest BCUT2D eigenvalue weighted by Crippen LogP contribution is 2.30. The van der Waals surface area contributed by atoms with Gasteiger partial charge in [-0.1, -0.05) is 22.0 Å². The number of amides is 1. The van der Waals surface area contributed by atoms with E-state index in [0.29, 0.717) is 17.9 Å². The molecule has 1 heterocycles. The fourth-order valence-electron chi connectivity index (χ4n) is 1.93. The molecule has 2 N–H and O–H groups in total. The number of carbonyl (C=O) groups excluding carboxylic acids is 1. The van der Waals surface area contributed by atoms with E-state index < -0.39 is 0 Å². The van der Waals surface area contributed by atoms with Crippen LogP contribution in [0.1, 0.15) is 23.2 Å². The maximum Gasteiger partial charge on any atom is 0.257 e. The number of halogens is 1.